The summed E-state index contributed by atoms with van der Waals surface area (Å²) in [5, 5.41) is 12.7. The fraction of sp³-hybridized carbons (Fsp3) is 0.391. The molecule has 3 atom stereocenters. The highest BCUT2D eigenvalue weighted by Crippen LogP contribution is 2.46. The minimum atomic E-state index is -2.79. The maximum Gasteiger partial charge on any atom is 0.306 e. The Morgan fingerprint density at radius 1 is 1.19 bits per heavy atom. The van der Waals surface area contributed by atoms with Gasteiger partial charge in [0.25, 0.3) is 0 Å². The predicted octanol–water partition coefficient (Wildman–Crippen LogP) is 6.41. The molecule has 0 spiro atoms. The summed E-state index contributed by atoms with van der Waals surface area (Å²) in [6.45, 7) is 1.59. The number of nitrogens with one attached hydrogen (secondary N) is 1. The second kappa shape index (κ2) is 9.53. The van der Waals surface area contributed by atoms with Crippen molar-refractivity contribution in [2.45, 2.75) is 44.4 Å². The van der Waals surface area contributed by atoms with Crippen molar-refractivity contribution in [3.63, 3.8) is 0 Å². The third-order valence-electron chi connectivity index (χ3n) is 5.68. The molecule has 1 saturated carbocycles. The summed E-state index contributed by atoms with van der Waals surface area (Å²) in [7, 11) is 0. The largest absolute Gasteiger partial charge is 0.481 e. The second-order valence-electron chi connectivity index (χ2n) is 8.13. The normalized spacial score (nSPS) is 19.6. The van der Waals surface area contributed by atoms with Gasteiger partial charge in [0.05, 0.1) is 22.5 Å². The maximum atomic E-state index is 13.9. The summed E-state index contributed by atoms with van der Waals surface area (Å²) < 4.78 is 27.8. The molecular weight excluding hydrogens is 447 g/mol. The van der Waals surface area contributed by atoms with Gasteiger partial charge in [0.2, 0.25) is 11.8 Å². The zero-order valence-corrected chi connectivity index (χ0v) is 18.4. The molecule has 0 saturated heterocycles. The van der Waals surface area contributed by atoms with Gasteiger partial charge in [-0.1, -0.05) is 48.3 Å². The van der Waals surface area contributed by atoms with Gasteiger partial charge in [-0.2, -0.15) is 0 Å². The molecule has 4 nitrogen and oxygen atoms in total. The first-order valence-electron chi connectivity index (χ1n) is 10.0. The van der Waals surface area contributed by atoms with Crippen molar-refractivity contribution in [3.8, 4) is 0 Å². The number of carboxylic acids is 1. The first kappa shape index (κ1) is 23.5. The van der Waals surface area contributed by atoms with Crippen LogP contribution in [0.15, 0.2) is 42.5 Å². The standard InChI is InChI=1S/C23H23Cl2F2NO3/c1-13(22(30)31)10-14-2-7-18(25)19(11-14)28-21(29)20(15-3-5-17(24)6-4-15)16-8-9-23(26,27)12-16/h2-7,11,13,16,20H,8-10,12H2,1H3,(H,28,29)(H,30,31)/t13-,16?,20?/m1/s1. The topological polar surface area (TPSA) is 66.4 Å². The van der Waals surface area contributed by atoms with Crippen LogP contribution in [0.5, 0.6) is 0 Å². The first-order chi connectivity index (χ1) is 14.6. The van der Waals surface area contributed by atoms with Crippen molar-refractivity contribution in [1.82, 2.24) is 0 Å². The van der Waals surface area contributed by atoms with E-state index >= 15 is 0 Å². The quantitative estimate of drug-likeness (QED) is 0.491. The molecule has 8 heteroatoms. The van der Waals surface area contributed by atoms with Crippen LogP contribution in [-0.4, -0.2) is 22.9 Å². The van der Waals surface area contributed by atoms with Crippen LogP contribution < -0.4 is 5.32 Å². The van der Waals surface area contributed by atoms with Gasteiger partial charge in [0, 0.05) is 17.9 Å². The number of carbonyl (C=O) groups is 2. The van der Waals surface area contributed by atoms with Gasteiger partial charge in [-0.05, 0) is 54.2 Å². The van der Waals surface area contributed by atoms with Gasteiger partial charge in [-0.15, -0.1) is 0 Å². The summed E-state index contributed by atoms with van der Waals surface area (Å²) in [4.78, 5) is 24.4. The van der Waals surface area contributed by atoms with Gasteiger partial charge in [0.1, 0.15) is 0 Å². The Morgan fingerprint density at radius 2 is 1.87 bits per heavy atom. The smallest absolute Gasteiger partial charge is 0.306 e. The Hall–Kier alpha value is -2.18. The molecule has 166 valence electrons. The van der Waals surface area contributed by atoms with Crippen molar-refractivity contribution in [2.75, 3.05) is 5.32 Å². The lowest BCUT2D eigenvalue weighted by Gasteiger charge is -2.24. The van der Waals surface area contributed by atoms with Gasteiger partial charge in [-0.3, -0.25) is 9.59 Å². The molecule has 1 amide bonds. The number of alkyl halides is 2. The van der Waals surface area contributed by atoms with Crippen LogP contribution in [0, 0.1) is 11.8 Å². The monoisotopic (exact) mass is 469 g/mol. The summed E-state index contributed by atoms with van der Waals surface area (Å²) in [6.07, 6.45) is -0.113. The zero-order valence-electron chi connectivity index (χ0n) is 16.9. The van der Waals surface area contributed by atoms with Crippen LogP contribution in [0.4, 0.5) is 14.5 Å². The molecule has 1 fully saturated rings. The van der Waals surface area contributed by atoms with Crippen molar-refractivity contribution in [1.29, 1.82) is 0 Å². The van der Waals surface area contributed by atoms with Crippen molar-refractivity contribution >= 4 is 40.8 Å². The number of carboxylic acid groups (broad SMARTS) is 1. The number of rotatable bonds is 7. The molecule has 0 aliphatic heterocycles. The number of anilines is 1. The molecule has 2 N–H and O–H groups in total. The van der Waals surface area contributed by atoms with Crippen LogP contribution >= 0.6 is 23.2 Å². The van der Waals surface area contributed by atoms with E-state index in [1.54, 1.807) is 49.4 Å². The summed E-state index contributed by atoms with van der Waals surface area (Å²) in [5.74, 6) is -6.07. The molecule has 0 radical (unpaired) electrons. The summed E-state index contributed by atoms with van der Waals surface area (Å²) >= 11 is 12.2. The first-order valence-corrected chi connectivity index (χ1v) is 10.8. The van der Waals surface area contributed by atoms with Gasteiger partial charge in [-0.25, -0.2) is 8.78 Å². The molecule has 0 bridgehead atoms. The fourth-order valence-electron chi connectivity index (χ4n) is 4.02. The molecule has 1 aliphatic carbocycles. The number of amides is 1. The Morgan fingerprint density at radius 3 is 2.45 bits per heavy atom. The Labute approximate surface area is 189 Å². The molecule has 0 aromatic heterocycles. The molecule has 2 aromatic rings. The number of hydrogen-bond donors (Lipinski definition) is 2. The van der Waals surface area contributed by atoms with E-state index in [0.717, 1.165) is 0 Å². The summed E-state index contributed by atoms with van der Waals surface area (Å²) in [5.41, 5.74) is 1.63. The maximum absolute atomic E-state index is 13.9. The third kappa shape index (κ3) is 5.95. The highest BCUT2D eigenvalue weighted by molar-refractivity contribution is 6.33. The number of aliphatic carboxylic acids is 1. The number of carbonyl (C=O) groups excluding carboxylic acids is 1. The molecule has 3 rings (SSSR count). The highest BCUT2D eigenvalue weighted by Gasteiger charge is 2.45. The van der Waals surface area contributed by atoms with Crippen LogP contribution in [0.25, 0.3) is 0 Å². The predicted molar refractivity (Wildman–Crippen MR) is 117 cm³/mol. The fourth-order valence-corrected chi connectivity index (χ4v) is 4.31. The molecule has 31 heavy (non-hydrogen) atoms. The lowest BCUT2D eigenvalue weighted by atomic mass is 9.84. The zero-order chi connectivity index (χ0) is 22.8. The lowest BCUT2D eigenvalue weighted by Crippen LogP contribution is -2.27. The number of benzene rings is 2. The van der Waals surface area contributed by atoms with E-state index < -0.39 is 35.6 Å². The Balaban J connectivity index is 1.86. The van der Waals surface area contributed by atoms with E-state index in [4.69, 9.17) is 28.3 Å². The van der Waals surface area contributed by atoms with Crippen LogP contribution in [0.3, 0.4) is 0 Å². The number of halogens is 4. The average molecular weight is 470 g/mol. The van der Waals surface area contributed by atoms with E-state index in [9.17, 15) is 18.4 Å². The van der Waals surface area contributed by atoms with E-state index in [2.05, 4.69) is 5.32 Å². The van der Waals surface area contributed by atoms with Crippen LogP contribution in [0.1, 0.15) is 43.2 Å². The summed E-state index contributed by atoms with van der Waals surface area (Å²) in [6, 6.07) is 11.5. The second-order valence-corrected chi connectivity index (χ2v) is 8.98. The van der Waals surface area contributed by atoms with E-state index in [0.29, 0.717) is 21.8 Å². The van der Waals surface area contributed by atoms with Gasteiger partial charge < -0.3 is 10.4 Å². The third-order valence-corrected chi connectivity index (χ3v) is 6.26. The van der Waals surface area contributed by atoms with E-state index in [-0.39, 0.29) is 30.7 Å². The Bertz CT molecular complexity index is 966. The van der Waals surface area contributed by atoms with E-state index in [1.165, 1.54) is 0 Å². The molecule has 0 heterocycles. The van der Waals surface area contributed by atoms with Gasteiger partial charge in [0.15, 0.2) is 0 Å². The SMILES string of the molecule is C[C@H](Cc1ccc(Cl)c(NC(=O)C(c2ccc(Cl)cc2)C2CCC(F)(F)C2)c1)C(=O)O. The number of hydrogen-bond acceptors (Lipinski definition) is 2. The highest BCUT2D eigenvalue weighted by atomic mass is 35.5. The van der Waals surface area contributed by atoms with Crippen LogP contribution in [0.2, 0.25) is 10.0 Å². The lowest BCUT2D eigenvalue weighted by molar-refractivity contribution is -0.141. The van der Waals surface area contributed by atoms with Gasteiger partial charge >= 0.3 is 5.97 Å². The average Bonchev–Trinajstić information content (AvgIpc) is 3.05. The van der Waals surface area contributed by atoms with E-state index in [1.807, 2.05) is 0 Å². The van der Waals surface area contributed by atoms with Crippen molar-refractivity contribution in [2.24, 2.45) is 11.8 Å². The molecule has 2 unspecified atom stereocenters. The molecule has 1 aliphatic rings. The molecular formula is C23H23Cl2F2NO3. The Kier molecular flexibility index (Phi) is 7.22. The molecule has 2 aromatic carbocycles. The minimum absolute atomic E-state index is 0.234. The van der Waals surface area contributed by atoms with Crippen molar-refractivity contribution in [3.05, 3.63) is 63.6 Å². The van der Waals surface area contributed by atoms with Crippen molar-refractivity contribution < 1.29 is 23.5 Å². The van der Waals surface area contributed by atoms with Crippen LogP contribution in [-0.2, 0) is 16.0 Å². The minimum Gasteiger partial charge on any atom is -0.481 e.